The van der Waals surface area contributed by atoms with Crippen LogP contribution in [0.5, 0.6) is 0 Å². The van der Waals surface area contributed by atoms with Crippen LogP contribution >= 0.6 is 11.8 Å². The van der Waals surface area contributed by atoms with Crippen LogP contribution in [0.3, 0.4) is 0 Å². The fraction of sp³-hybridized carbons (Fsp3) is 1.00. The van der Waals surface area contributed by atoms with Crippen molar-refractivity contribution in [3.05, 3.63) is 0 Å². The summed E-state index contributed by atoms with van der Waals surface area (Å²) in [6, 6.07) is 0.757. The lowest BCUT2D eigenvalue weighted by Gasteiger charge is -2.37. The normalized spacial score (nSPS) is 31.7. The van der Waals surface area contributed by atoms with Crippen LogP contribution in [0.4, 0.5) is 0 Å². The molecule has 0 spiro atoms. The predicted octanol–water partition coefficient (Wildman–Crippen LogP) is 4.61. The average molecular weight is 269 g/mol. The van der Waals surface area contributed by atoms with Crippen molar-refractivity contribution < 1.29 is 0 Å². The minimum atomic E-state index is 0.520. The van der Waals surface area contributed by atoms with Crippen molar-refractivity contribution in [1.29, 1.82) is 0 Å². The van der Waals surface area contributed by atoms with Crippen molar-refractivity contribution in [3.8, 4) is 0 Å². The third-order valence-electron chi connectivity index (χ3n) is 4.92. The highest BCUT2D eigenvalue weighted by atomic mass is 32.2. The summed E-state index contributed by atoms with van der Waals surface area (Å²) < 4.78 is 0.520. The van der Waals surface area contributed by atoms with Crippen LogP contribution in [0, 0.1) is 5.92 Å². The van der Waals surface area contributed by atoms with E-state index in [-0.39, 0.29) is 0 Å². The molecule has 0 radical (unpaired) electrons. The smallest absolute Gasteiger partial charge is 0.0285 e. The molecule has 1 heterocycles. The maximum atomic E-state index is 3.88. The standard InChI is InChI=1S/C16H31NS/c1-3-11-17-15(16(2)10-7-12-18-16)13-14-8-5-4-6-9-14/h14-15,17H,3-13H2,1-2H3. The third kappa shape index (κ3) is 3.90. The molecule has 1 N–H and O–H groups in total. The Bertz CT molecular complexity index is 229. The monoisotopic (exact) mass is 269 g/mol. The van der Waals surface area contributed by atoms with Gasteiger partial charge in [-0.3, -0.25) is 0 Å². The van der Waals surface area contributed by atoms with E-state index in [9.17, 15) is 0 Å². The lowest BCUT2D eigenvalue weighted by atomic mass is 9.81. The van der Waals surface area contributed by atoms with Crippen LogP contribution in [0.2, 0.25) is 0 Å². The highest BCUT2D eigenvalue weighted by Crippen LogP contribution is 2.43. The Morgan fingerprint density at radius 2 is 2.00 bits per heavy atom. The number of hydrogen-bond acceptors (Lipinski definition) is 2. The van der Waals surface area contributed by atoms with E-state index >= 15 is 0 Å². The zero-order valence-electron chi connectivity index (χ0n) is 12.3. The van der Waals surface area contributed by atoms with Crippen molar-refractivity contribution in [3.63, 3.8) is 0 Å². The van der Waals surface area contributed by atoms with Gasteiger partial charge in [-0.25, -0.2) is 0 Å². The van der Waals surface area contributed by atoms with Gasteiger partial charge in [0.15, 0.2) is 0 Å². The molecule has 2 rings (SSSR count). The summed E-state index contributed by atoms with van der Waals surface area (Å²) in [7, 11) is 0. The Morgan fingerprint density at radius 3 is 2.61 bits per heavy atom. The Morgan fingerprint density at radius 1 is 1.22 bits per heavy atom. The molecule has 1 nitrogen and oxygen atoms in total. The van der Waals surface area contributed by atoms with Gasteiger partial charge in [0.1, 0.15) is 0 Å². The van der Waals surface area contributed by atoms with Crippen molar-refractivity contribution in [2.24, 2.45) is 5.92 Å². The van der Waals surface area contributed by atoms with E-state index in [0.717, 1.165) is 12.0 Å². The van der Waals surface area contributed by atoms with E-state index in [1.54, 1.807) is 0 Å². The van der Waals surface area contributed by atoms with Crippen LogP contribution < -0.4 is 5.32 Å². The van der Waals surface area contributed by atoms with Gasteiger partial charge in [-0.15, -0.1) is 0 Å². The maximum absolute atomic E-state index is 3.88. The highest BCUT2D eigenvalue weighted by molar-refractivity contribution is 8.00. The minimum absolute atomic E-state index is 0.520. The van der Waals surface area contributed by atoms with E-state index in [1.807, 2.05) is 0 Å². The number of rotatable bonds is 6. The molecule has 0 aromatic rings. The zero-order chi connectivity index (χ0) is 12.8. The molecule has 2 fully saturated rings. The van der Waals surface area contributed by atoms with E-state index in [4.69, 9.17) is 0 Å². The summed E-state index contributed by atoms with van der Waals surface area (Å²) in [6.07, 6.45) is 13.0. The second-order valence-corrected chi connectivity index (χ2v) is 8.14. The molecule has 106 valence electrons. The second-order valence-electron chi connectivity index (χ2n) is 6.51. The summed E-state index contributed by atoms with van der Waals surface area (Å²) >= 11 is 2.23. The van der Waals surface area contributed by atoms with Gasteiger partial charge in [0.2, 0.25) is 0 Å². The molecule has 18 heavy (non-hydrogen) atoms. The molecule has 2 atom stereocenters. The fourth-order valence-corrected chi connectivity index (χ4v) is 5.12. The average Bonchev–Trinajstić information content (AvgIpc) is 2.84. The number of nitrogens with one attached hydrogen (secondary N) is 1. The molecular formula is C16H31NS. The first-order chi connectivity index (χ1) is 8.74. The van der Waals surface area contributed by atoms with E-state index < -0.39 is 0 Å². The molecule has 0 aromatic carbocycles. The van der Waals surface area contributed by atoms with Gasteiger partial charge in [-0.05, 0) is 50.8 Å². The quantitative estimate of drug-likeness (QED) is 0.755. The lowest BCUT2D eigenvalue weighted by Crippen LogP contribution is -2.46. The largest absolute Gasteiger partial charge is 0.313 e. The predicted molar refractivity (Wildman–Crippen MR) is 83.4 cm³/mol. The SMILES string of the molecule is CCCNC(CC1CCCCC1)C1(C)CCCS1. The minimum Gasteiger partial charge on any atom is -0.313 e. The Labute approximate surface area is 118 Å². The lowest BCUT2D eigenvalue weighted by molar-refractivity contribution is 0.269. The molecule has 2 aliphatic rings. The molecule has 2 unspecified atom stereocenters. The Balaban J connectivity index is 1.90. The van der Waals surface area contributed by atoms with E-state index in [2.05, 4.69) is 30.9 Å². The van der Waals surface area contributed by atoms with Crippen LogP contribution in [-0.4, -0.2) is 23.1 Å². The van der Waals surface area contributed by atoms with Crippen molar-refractivity contribution in [2.45, 2.75) is 82.4 Å². The molecule has 1 saturated heterocycles. The maximum Gasteiger partial charge on any atom is 0.0285 e. The molecule has 0 aromatic heterocycles. The number of hydrogen-bond donors (Lipinski definition) is 1. The highest BCUT2D eigenvalue weighted by Gasteiger charge is 2.38. The zero-order valence-corrected chi connectivity index (χ0v) is 13.2. The first-order valence-corrected chi connectivity index (χ1v) is 9.10. The van der Waals surface area contributed by atoms with Gasteiger partial charge in [-0.2, -0.15) is 11.8 Å². The van der Waals surface area contributed by atoms with Gasteiger partial charge in [0.25, 0.3) is 0 Å². The second kappa shape index (κ2) is 7.19. The third-order valence-corrected chi connectivity index (χ3v) is 6.56. The topological polar surface area (TPSA) is 12.0 Å². The Hall–Kier alpha value is 0.310. The molecule has 1 saturated carbocycles. The van der Waals surface area contributed by atoms with Gasteiger partial charge in [0, 0.05) is 10.8 Å². The van der Waals surface area contributed by atoms with Gasteiger partial charge in [0.05, 0.1) is 0 Å². The summed E-state index contributed by atoms with van der Waals surface area (Å²) in [5, 5.41) is 3.88. The summed E-state index contributed by atoms with van der Waals surface area (Å²) in [4.78, 5) is 0. The van der Waals surface area contributed by atoms with Crippen LogP contribution in [-0.2, 0) is 0 Å². The van der Waals surface area contributed by atoms with Crippen molar-refractivity contribution in [2.75, 3.05) is 12.3 Å². The first-order valence-electron chi connectivity index (χ1n) is 8.12. The molecule has 0 amide bonds. The van der Waals surface area contributed by atoms with E-state index in [0.29, 0.717) is 4.75 Å². The van der Waals surface area contributed by atoms with E-state index in [1.165, 1.54) is 70.1 Å². The summed E-state index contributed by atoms with van der Waals surface area (Å²) in [5.74, 6) is 2.39. The molecule has 0 bridgehead atoms. The van der Waals surface area contributed by atoms with Gasteiger partial charge in [-0.1, -0.05) is 39.0 Å². The molecule has 1 aliphatic carbocycles. The van der Waals surface area contributed by atoms with Gasteiger partial charge < -0.3 is 5.32 Å². The van der Waals surface area contributed by atoms with Crippen LogP contribution in [0.25, 0.3) is 0 Å². The summed E-state index contributed by atoms with van der Waals surface area (Å²) in [5.41, 5.74) is 0. The molecular weight excluding hydrogens is 238 g/mol. The molecule has 2 heteroatoms. The van der Waals surface area contributed by atoms with Gasteiger partial charge >= 0.3 is 0 Å². The van der Waals surface area contributed by atoms with Crippen LogP contribution in [0.15, 0.2) is 0 Å². The number of thioether (sulfide) groups is 1. The first kappa shape index (κ1) is 14.7. The van der Waals surface area contributed by atoms with Crippen molar-refractivity contribution in [1.82, 2.24) is 5.32 Å². The fourth-order valence-electron chi connectivity index (χ4n) is 3.70. The van der Waals surface area contributed by atoms with Crippen LogP contribution in [0.1, 0.15) is 71.6 Å². The van der Waals surface area contributed by atoms with Crippen molar-refractivity contribution >= 4 is 11.8 Å². The summed E-state index contributed by atoms with van der Waals surface area (Å²) in [6.45, 7) is 6.00. The Kier molecular flexibility index (Phi) is 5.88. The molecule has 1 aliphatic heterocycles.